The second-order valence-electron chi connectivity index (χ2n) is 6.04. The third-order valence-corrected chi connectivity index (χ3v) is 4.64. The van der Waals surface area contributed by atoms with Gasteiger partial charge in [0.15, 0.2) is 0 Å². The van der Waals surface area contributed by atoms with Crippen molar-refractivity contribution in [3.05, 3.63) is 0 Å². The van der Waals surface area contributed by atoms with Crippen LogP contribution >= 0.6 is 0 Å². The van der Waals surface area contributed by atoms with E-state index in [0.717, 1.165) is 13.0 Å². The van der Waals surface area contributed by atoms with Crippen LogP contribution in [0.5, 0.6) is 0 Å². The lowest BCUT2D eigenvalue weighted by Gasteiger charge is -2.29. The van der Waals surface area contributed by atoms with Crippen LogP contribution in [0, 0.1) is 0 Å². The van der Waals surface area contributed by atoms with Gasteiger partial charge in [0.1, 0.15) is 5.54 Å². The van der Waals surface area contributed by atoms with E-state index >= 15 is 0 Å². The zero-order valence-corrected chi connectivity index (χ0v) is 12.5. The maximum absolute atomic E-state index is 11.1. The van der Waals surface area contributed by atoms with E-state index in [0.29, 0.717) is 18.9 Å². The van der Waals surface area contributed by atoms with E-state index < -0.39 is 11.5 Å². The van der Waals surface area contributed by atoms with Crippen molar-refractivity contribution in [1.82, 2.24) is 4.90 Å². The summed E-state index contributed by atoms with van der Waals surface area (Å²) in [6.07, 6.45) is 9.90. The number of carboxylic acids is 1. The maximum atomic E-state index is 11.1. The number of carbonyl (C=O) groups is 1. The SMILES string of the molecule is CCC(N)(CCCN(C)C1CCCCCC1)C(=O)O. The van der Waals surface area contributed by atoms with Crippen LogP contribution < -0.4 is 5.73 Å². The smallest absolute Gasteiger partial charge is 0.323 e. The van der Waals surface area contributed by atoms with Gasteiger partial charge in [-0.1, -0.05) is 32.6 Å². The lowest BCUT2D eigenvalue weighted by atomic mass is 9.91. The summed E-state index contributed by atoms with van der Waals surface area (Å²) in [6, 6.07) is 0.682. The summed E-state index contributed by atoms with van der Waals surface area (Å²) in [7, 11) is 2.17. The van der Waals surface area contributed by atoms with Crippen LogP contribution in [-0.2, 0) is 4.79 Å². The summed E-state index contributed by atoms with van der Waals surface area (Å²) >= 11 is 0. The number of nitrogens with two attached hydrogens (primary N) is 1. The molecule has 112 valence electrons. The molecule has 0 aliphatic heterocycles. The second kappa shape index (κ2) is 7.85. The van der Waals surface area contributed by atoms with Crippen LogP contribution in [0.3, 0.4) is 0 Å². The third kappa shape index (κ3) is 5.11. The minimum Gasteiger partial charge on any atom is -0.480 e. The van der Waals surface area contributed by atoms with Crippen molar-refractivity contribution in [2.24, 2.45) is 5.73 Å². The highest BCUT2D eigenvalue weighted by Crippen LogP contribution is 2.22. The molecule has 1 rings (SSSR count). The predicted molar refractivity (Wildman–Crippen MR) is 78.2 cm³/mol. The Kier molecular flexibility index (Phi) is 6.80. The largest absolute Gasteiger partial charge is 0.480 e. The molecule has 0 bridgehead atoms. The Morgan fingerprint density at radius 2 is 1.89 bits per heavy atom. The van der Waals surface area contributed by atoms with Crippen molar-refractivity contribution in [2.45, 2.75) is 76.3 Å². The molecule has 0 heterocycles. The van der Waals surface area contributed by atoms with Gasteiger partial charge in [-0.2, -0.15) is 0 Å². The molecular formula is C15H30N2O2. The number of hydrogen-bond donors (Lipinski definition) is 2. The summed E-state index contributed by atoms with van der Waals surface area (Å²) in [5.74, 6) is -0.868. The molecular weight excluding hydrogens is 240 g/mol. The zero-order valence-electron chi connectivity index (χ0n) is 12.5. The van der Waals surface area contributed by atoms with E-state index in [-0.39, 0.29) is 0 Å². The first-order chi connectivity index (χ1) is 8.99. The Hall–Kier alpha value is -0.610. The van der Waals surface area contributed by atoms with Crippen LogP contribution in [0.15, 0.2) is 0 Å². The van der Waals surface area contributed by atoms with Crippen molar-refractivity contribution in [3.63, 3.8) is 0 Å². The van der Waals surface area contributed by atoms with Gasteiger partial charge in [-0.3, -0.25) is 4.79 Å². The molecule has 1 aliphatic rings. The number of rotatable bonds is 7. The number of nitrogens with zero attached hydrogens (tertiary/aromatic N) is 1. The van der Waals surface area contributed by atoms with Crippen LogP contribution in [-0.4, -0.2) is 41.1 Å². The van der Waals surface area contributed by atoms with E-state index in [2.05, 4.69) is 11.9 Å². The van der Waals surface area contributed by atoms with Crippen molar-refractivity contribution in [3.8, 4) is 0 Å². The Bertz CT molecular complexity index is 275. The van der Waals surface area contributed by atoms with E-state index in [9.17, 15) is 4.79 Å². The molecule has 0 amide bonds. The molecule has 0 saturated heterocycles. The Morgan fingerprint density at radius 3 is 2.37 bits per heavy atom. The van der Waals surface area contributed by atoms with Crippen molar-refractivity contribution in [2.75, 3.05) is 13.6 Å². The molecule has 1 saturated carbocycles. The molecule has 3 N–H and O–H groups in total. The quantitative estimate of drug-likeness (QED) is 0.698. The molecule has 0 radical (unpaired) electrons. The Morgan fingerprint density at radius 1 is 1.32 bits per heavy atom. The van der Waals surface area contributed by atoms with E-state index in [1.807, 2.05) is 6.92 Å². The molecule has 0 aromatic rings. The van der Waals surface area contributed by atoms with Gasteiger partial charge in [0.05, 0.1) is 0 Å². The molecule has 19 heavy (non-hydrogen) atoms. The fraction of sp³-hybridized carbons (Fsp3) is 0.933. The summed E-state index contributed by atoms with van der Waals surface area (Å²) in [6.45, 7) is 2.81. The minimum atomic E-state index is -1.04. The van der Waals surface area contributed by atoms with Crippen molar-refractivity contribution < 1.29 is 9.90 Å². The van der Waals surface area contributed by atoms with E-state index in [1.54, 1.807) is 0 Å². The van der Waals surface area contributed by atoms with Crippen LogP contribution in [0.4, 0.5) is 0 Å². The summed E-state index contributed by atoms with van der Waals surface area (Å²) in [5.41, 5.74) is 4.87. The fourth-order valence-electron chi connectivity index (χ4n) is 2.96. The van der Waals surface area contributed by atoms with Gasteiger partial charge < -0.3 is 15.7 Å². The molecule has 1 unspecified atom stereocenters. The molecule has 4 heteroatoms. The molecule has 0 spiro atoms. The van der Waals surface area contributed by atoms with Crippen LogP contribution in [0.25, 0.3) is 0 Å². The van der Waals surface area contributed by atoms with Crippen molar-refractivity contribution in [1.29, 1.82) is 0 Å². The summed E-state index contributed by atoms with van der Waals surface area (Å²) in [4.78, 5) is 13.5. The molecule has 4 nitrogen and oxygen atoms in total. The average molecular weight is 270 g/mol. The maximum Gasteiger partial charge on any atom is 0.323 e. The topological polar surface area (TPSA) is 66.6 Å². The average Bonchev–Trinajstić information content (AvgIpc) is 2.67. The number of carboxylic acid groups (broad SMARTS) is 1. The minimum absolute atomic E-state index is 0.496. The second-order valence-corrected chi connectivity index (χ2v) is 6.04. The molecule has 1 atom stereocenters. The molecule has 1 aliphatic carbocycles. The highest BCUT2D eigenvalue weighted by molar-refractivity contribution is 5.78. The lowest BCUT2D eigenvalue weighted by molar-refractivity contribution is -0.143. The first-order valence-electron chi connectivity index (χ1n) is 7.72. The summed E-state index contributed by atoms with van der Waals surface area (Å²) in [5, 5.41) is 9.15. The molecule has 0 aromatic carbocycles. The zero-order chi connectivity index (χ0) is 14.3. The van der Waals surface area contributed by atoms with E-state index in [1.165, 1.54) is 38.5 Å². The highest BCUT2D eigenvalue weighted by atomic mass is 16.4. The van der Waals surface area contributed by atoms with Gasteiger partial charge >= 0.3 is 5.97 Å². The van der Waals surface area contributed by atoms with Gasteiger partial charge in [0.2, 0.25) is 0 Å². The summed E-state index contributed by atoms with van der Waals surface area (Å²) < 4.78 is 0. The predicted octanol–water partition coefficient (Wildman–Crippen LogP) is 2.61. The van der Waals surface area contributed by atoms with E-state index in [4.69, 9.17) is 10.8 Å². The van der Waals surface area contributed by atoms with Gasteiger partial charge in [-0.05, 0) is 45.7 Å². The van der Waals surface area contributed by atoms with Crippen LogP contribution in [0.1, 0.15) is 64.7 Å². The first kappa shape index (κ1) is 16.4. The lowest BCUT2D eigenvalue weighted by Crippen LogP contribution is -2.47. The van der Waals surface area contributed by atoms with Gasteiger partial charge in [0.25, 0.3) is 0 Å². The fourth-order valence-corrected chi connectivity index (χ4v) is 2.96. The number of hydrogen-bond acceptors (Lipinski definition) is 3. The Labute approximate surface area is 117 Å². The van der Waals surface area contributed by atoms with Gasteiger partial charge in [-0.25, -0.2) is 0 Å². The molecule has 1 fully saturated rings. The third-order valence-electron chi connectivity index (χ3n) is 4.64. The number of aliphatic carboxylic acids is 1. The highest BCUT2D eigenvalue weighted by Gasteiger charge is 2.31. The molecule has 0 aromatic heterocycles. The van der Waals surface area contributed by atoms with Crippen LogP contribution in [0.2, 0.25) is 0 Å². The van der Waals surface area contributed by atoms with Gasteiger partial charge in [0, 0.05) is 6.04 Å². The Balaban J connectivity index is 2.33. The van der Waals surface area contributed by atoms with Gasteiger partial charge in [-0.15, -0.1) is 0 Å². The standard InChI is InChI=1S/C15H30N2O2/c1-3-15(16,14(18)19)11-8-12-17(2)13-9-6-4-5-7-10-13/h13H,3-12,16H2,1-2H3,(H,18,19). The monoisotopic (exact) mass is 270 g/mol. The normalized spacial score (nSPS) is 21.1. The van der Waals surface area contributed by atoms with Crippen molar-refractivity contribution >= 4 is 5.97 Å². The first-order valence-corrected chi connectivity index (χ1v) is 7.72.